The number of nitrogens with two attached hydrogens (primary N) is 2. The third kappa shape index (κ3) is 2.78. The van der Waals surface area contributed by atoms with Crippen LogP contribution >= 0.6 is 15.9 Å². The van der Waals surface area contributed by atoms with Crippen molar-refractivity contribution in [1.29, 1.82) is 0 Å². The van der Waals surface area contributed by atoms with Crippen molar-refractivity contribution in [2.75, 3.05) is 11.1 Å². The lowest BCUT2D eigenvalue weighted by molar-refractivity contribution is 0.100. The predicted octanol–water partition coefficient (Wildman–Crippen LogP) is 2.27. The second-order valence-electron chi connectivity index (χ2n) is 3.66. The lowest BCUT2D eigenvalue weighted by atomic mass is 10.2. The molecule has 1 amide bonds. The largest absolute Gasteiger partial charge is 0.397 e. The number of nitrogens with zero attached hydrogens (tertiary/aromatic N) is 1. The minimum absolute atomic E-state index is 0.262. The molecular formula is C12H11BrN4O. The molecule has 2 aromatic rings. The number of pyridine rings is 1. The third-order valence-electron chi connectivity index (χ3n) is 2.28. The molecule has 5 N–H and O–H groups in total. The van der Waals surface area contributed by atoms with Gasteiger partial charge in [0.1, 0.15) is 5.82 Å². The van der Waals surface area contributed by atoms with Crippen LogP contribution in [0.15, 0.2) is 41.0 Å². The zero-order valence-electron chi connectivity index (χ0n) is 9.35. The Morgan fingerprint density at radius 1 is 1.28 bits per heavy atom. The minimum Gasteiger partial charge on any atom is -0.397 e. The van der Waals surface area contributed by atoms with Gasteiger partial charge in [-0.05, 0) is 30.3 Å². The van der Waals surface area contributed by atoms with E-state index in [1.807, 2.05) is 24.3 Å². The molecule has 0 spiro atoms. The number of benzene rings is 1. The Morgan fingerprint density at radius 2 is 1.94 bits per heavy atom. The van der Waals surface area contributed by atoms with Crippen LogP contribution in [0.3, 0.4) is 0 Å². The average Bonchev–Trinajstić information content (AvgIpc) is 2.34. The van der Waals surface area contributed by atoms with Crippen LogP contribution in [0.1, 0.15) is 10.4 Å². The van der Waals surface area contributed by atoms with Crippen LogP contribution in [0.2, 0.25) is 0 Å². The van der Waals surface area contributed by atoms with Crippen molar-refractivity contribution in [2.24, 2.45) is 5.73 Å². The van der Waals surface area contributed by atoms with Gasteiger partial charge in [0.15, 0.2) is 0 Å². The number of rotatable bonds is 3. The highest BCUT2D eigenvalue weighted by Gasteiger charge is 2.10. The van der Waals surface area contributed by atoms with Crippen LogP contribution in [0.5, 0.6) is 0 Å². The first-order chi connectivity index (χ1) is 8.56. The molecule has 0 saturated heterocycles. The van der Waals surface area contributed by atoms with Crippen molar-refractivity contribution in [2.45, 2.75) is 0 Å². The molecule has 0 aliphatic carbocycles. The summed E-state index contributed by atoms with van der Waals surface area (Å²) in [6.07, 6.45) is 1.47. The number of carbonyl (C=O) groups is 1. The first-order valence-electron chi connectivity index (χ1n) is 5.14. The SMILES string of the molecule is NC(=O)c1cc(N)cnc1Nc1ccc(Br)cc1. The number of nitrogens with one attached hydrogen (secondary N) is 1. The molecule has 92 valence electrons. The van der Waals surface area contributed by atoms with Gasteiger partial charge >= 0.3 is 0 Å². The molecule has 5 nitrogen and oxygen atoms in total. The van der Waals surface area contributed by atoms with Gasteiger partial charge in [-0.3, -0.25) is 4.79 Å². The summed E-state index contributed by atoms with van der Waals surface area (Å²) in [7, 11) is 0. The van der Waals surface area contributed by atoms with Crippen molar-refractivity contribution in [3.8, 4) is 0 Å². The average molecular weight is 307 g/mol. The van der Waals surface area contributed by atoms with Gasteiger partial charge in [0.25, 0.3) is 5.91 Å². The number of amides is 1. The number of aromatic nitrogens is 1. The summed E-state index contributed by atoms with van der Waals surface area (Å²) in [5.74, 6) is -0.187. The molecule has 0 aliphatic heterocycles. The van der Waals surface area contributed by atoms with E-state index in [1.54, 1.807) is 0 Å². The fourth-order valence-corrected chi connectivity index (χ4v) is 1.70. The lowest BCUT2D eigenvalue weighted by Crippen LogP contribution is -2.14. The zero-order chi connectivity index (χ0) is 13.1. The van der Waals surface area contributed by atoms with Gasteiger partial charge in [0.2, 0.25) is 0 Å². The summed E-state index contributed by atoms with van der Waals surface area (Å²) in [6, 6.07) is 8.96. The second-order valence-corrected chi connectivity index (χ2v) is 4.58. The highest BCUT2D eigenvalue weighted by Crippen LogP contribution is 2.21. The summed E-state index contributed by atoms with van der Waals surface area (Å²) in [6.45, 7) is 0. The molecular weight excluding hydrogens is 296 g/mol. The fourth-order valence-electron chi connectivity index (χ4n) is 1.44. The van der Waals surface area contributed by atoms with E-state index >= 15 is 0 Å². The quantitative estimate of drug-likeness (QED) is 0.810. The summed E-state index contributed by atoms with van der Waals surface area (Å²) in [4.78, 5) is 15.4. The van der Waals surface area contributed by atoms with Crippen molar-refractivity contribution < 1.29 is 4.79 Å². The molecule has 0 aliphatic rings. The second kappa shape index (κ2) is 5.05. The van der Waals surface area contributed by atoms with Crippen LogP contribution in [0.4, 0.5) is 17.2 Å². The Hall–Kier alpha value is -2.08. The number of halogens is 1. The molecule has 0 unspecified atom stereocenters. The summed E-state index contributed by atoms with van der Waals surface area (Å²) in [5.41, 5.74) is 12.3. The monoisotopic (exact) mass is 306 g/mol. The van der Waals surface area contributed by atoms with E-state index in [-0.39, 0.29) is 5.56 Å². The molecule has 0 fully saturated rings. The van der Waals surface area contributed by atoms with Crippen molar-refractivity contribution in [3.05, 3.63) is 46.6 Å². The van der Waals surface area contributed by atoms with Crippen LogP contribution in [-0.4, -0.2) is 10.9 Å². The summed E-state index contributed by atoms with van der Waals surface area (Å²) in [5, 5.41) is 3.02. The first kappa shape index (κ1) is 12.4. The fraction of sp³-hybridized carbons (Fsp3) is 0. The van der Waals surface area contributed by atoms with E-state index < -0.39 is 5.91 Å². The molecule has 0 radical (unpaired) electrons. The van der Waals surface area contributed by atoms with E-state index in [9.17, 15) is 4.79 Å². The Morgan fingerprint density at radius 3 is 2.56 bits per heavy atom. The molecule has 0 saturated carbocycles. The number of carbonyl (C=O) groups excluding carboxylic acids is 1. The molecule has 0 bridgehead atoms. The van der Waals surface area contributed by atoms with Crippen LogP contribution in [-0.2, 0) is 0 Å². The van der Waals surface area contributed by atoms with E-state index in [1.165, 1.54) is 12.3 Å². The van der Waals surface area contributed by atoms with Gasteiger partial charge in [-0.1, -0.05) is 15.9 Å². The highest BCUT2D eigenvalue weighted by atomic mass is 79.9. The lowest BCUT2D eigenvalue weighted by Gasteiger charge is -2.09. The molecule has 1 heterocycles. The van der Waals surface area contributed by atoms with E-state index in [0.717, 1.165) is 10.2 Å². The first-order valence-corrected chi connectivity index (χ1v) is 5.93. The molecule has 1 aromatic carbocycles. The van der Waals surface area contributed by atoms with Gasteiger partial charge in [-0.25, -0.2) is 4.98 Å². The molecule has 0 atom stereocenters. The standard InChI is InChI=1S/C12H11BrN4O/c13-7-1-3-9(4-2-7)17-12-10(11(15)18)5-8(14)6-16-12/h1-6H,14H2,(H2,15,18)(H,16,17). The van der Waals surface area contributed by atoms with E-state index in [0.29, 0.717) is 11.5 Å². The Labute approximate surface area is 112 Å². The van der Waals surface area contributed by atoms with Gasteiger partial charge < -0.3 is 16.8 Å². The van der Waals surface area contributed by atoms with Crippen molar-refractivity contribution in [1.82, 2.24) is 4.98 Å². The van der Waals surface area contributed by atoms with Crippen molar-refractivity contribution >= 4 is 39.0 Å². The maximum absolute atomic E-state index is 11.3. The summed E-state index contributed by atoms with van der Waals surface area (Å²) < 4.78 is 0.966. The number of hydrogen-bond acceptors (Lipinski definition) is 4. The highest BCUT2D eigenvalue weighted by molar-refractivity contribution is 9.10. The minimum atomic E-state index is -0.575. The number of nitrogen functional groups attached to an aromatic ring is 1. The third-order valence-corrected chi connectivity index (χ3v) is 2.81. The normalized spacial score (nSPS) is 10.1. The molecule has 2 rings (SSSR count). The Bertz CT molecular complexity index is 583. The van der Waals surface area contributed by atoms with Crippen molar-refractivity contribution in [3.63, 3.8) is 0 Å². The van der Waals surface area contributed by atoms with E-state index in [2.05, 4.69) is 26.2 Å². The van der Waals surface area contributed by atoms with Gasteiger partial charge in [0.05, 0.1) is 17.4 Å². The van der Waals surface area contributed by atoms with Gasteiger partial charge in [-0.2, -0.15) is 0 Å². The zero-order valence-corrected chi connectivity index (χ0v) is 10.9. The van der Waals surface area contributed by atoms with Crippen LogP contribution in [0, 0.1) is 0 Å². The molecule has 18 heavy (non-hydrogen) atoms. The Kier molecular flexibility index (Phi) is 3.47. The molecule has 1 aromatic heterocycles. The maximum Gasteiger partial charge on any atom is 0.252 e. The smallest absolute Gasteiger partial charge is 0.252 e. The van der Waals surface area contributed by atoms with Gasteiger partial charge in [0, 0.05) is 10.2 Å². The van der Waals surface area contributed by atoms with E-state index in [4.69, 9.17) is 11.5 Å². The number of anilines is 3. The van der Waals surface area contributed by atoms with Crippen LogP contribution in [0.25, 0.3) is 0 Å². The molecule has 6 heteroatoms. The van der Waals surface area contributed by atoms with Gasteiger partial charge in [-0.15, -0.1) is 0 Å². The Balaban J connectivity index is 2.34. The maximum atomic E-state index is 11.3. The topological polar surface area (TPSA) is 94.0 Å². The predicted molar refractivity (Wildman–Crippen MR) is 74.6 cm³/mol. The number of primary amides is 1. The van der Waals surface area contributed by atoms with Crippen LogP contribution < -0.4 is 16.8 Å². The summed E-state index contributed by atoms with van der Waals surface area (Å²) >= 11 is 3.34. The number of hydrogen-bond donors (Lipinski definition) is 3.